The minimum absolute atomic E-state index is 0.0386. The first-order valence-corrected chi connectivity index (χ1v) is 7.25. The number of nitrogens with zero attached hydrogens (tertiary/aromatic N) is 1. The highest BCUT2D eigenvalue weighted by Crippen LogP contribution is 2.24. The Morgan fingerprint density at radius 2 is 2.14 bits per heavy atom. The topological polar surface area (TPSA) is 67.0 Å². The van der Waals surface area contributed by atoms with Gasteiger partial charge in [-0.15, -0.1) is 11.3 Å². The molecular formula is C15H13N3O2S. The summed E-state index contributed by atoms with van der Waals surface area (Å²) < 4.78 is 5.38. The van der Waals surface area contributed by atoms with Crippen LogP contribution < -0.4 is 10.1 Å². The van der Waals surface area contributed by atoms with Gasteiger partial charge in [0, 0.05) is 23.3 Å². The lowest BCUT2D eigenvalue weighted by Gasteiger charge is -2.05. The van der Waals surface area contributed by atoms with Crippen molar-refractivity contribution in [2.45, 2.75) is 0 Å². The van der Waals surface area contributed by atoms with E-state index < -0.39 is 0 Å². The Morgan fingerprint density at radius 1 is 1.29 bits per heavy atom. The Morgan fingerprint density at radius 3 is 2.90 bits per heavy atom. The minimum Gasteiger partial charge on any atom is -0.484 e. The highest BCUT2D eigenvalue weighted by atomic mass is 32.1. The molecule has 0 fully saturated rings. The molecule has 6 heteroatoms. The van der Waals surface area contributed by atoms with E-state index in [4.69, 9.17) is 4.74 Å². The smallest absolute Gasteiger partial charge is 0.264 e. The number of hydrogen-bond acceptors (Lipinski definition) is 4. The van der Waals surface area contributed by atoms with Gasteiger partial charge in [0.25, 0.3) is 5.91 Å². The molecule has 1 aromatic carbocycles. The van der Waals surface area contributed by atoms with E-state index in [0.29, 0.717) is 10.9 Å². The van der Waals surface area contributed by atoms with E-state index in [1.807, 2.05) is 42.0 Å². The summed E-state index contributed by atoms with van der Waals surface area (Å²) in [6, 6.07) is 11.2. The van der Waals surface area contributed by atoms with Gasteiger partial charge in [0.05, 0.1) is 5.69 Å². The number of hydrogen-bond donors (Lipinski definition) is 2. The van der Waals surface area contributed by atoms with Crippen molar-refractivity contribution in [1.29, 1.82) is 0 Å². The number of anilines is 1. The maximum atomic E-state index is 11.8. The van der Waals surface area contributed by atoms with E-state index in [-0.39, 0.29) is 12.5 Å². The predicted molar refractivity (Wildman–Crippen MR) is 82.5 cm³/mol. The van der Waals surface area contributed by atoms with Crippen LogP contribution in [0.2, 0.25) is 0 Å². The van der Waals surface area contributed by atoms with Gasteiger partial charge in [0.2, 0.25) is 0 Å². The fraction of sp³-hybridized carbons (Fsp3) is 0.0667. The summed E-state index contributed by atoms with van der Waals surface area (Å²) in [7, 11) is 0. The van der Waals surface area contributed by atoms with Crippen molar-refractivity contribution >= 4 is 22.4 Å². The highest BCUT2D eigenvalue weighted by Gasteiger charge is 2.08. The lowest BCUT2D eigenvalue weighted by atomic mass is 10.3. The van der Waals surface area contributed by atoms with Crippen LogP contribution in [0.4, 0.5) is 5.13 Å². The second kappa shape index (κ2) is 6.23. The van der Waals surface area contributed by atoms with E-state index in [1.165, 1.54) is 11.3 Å². The van der Waals surface area contributed by atoms with Crippen LogP contribution in [0.25, 0.3) is 11.3 Å². The number of aromatic nitrogens is 2. The lowest BCUT2D eigenvalue weighted by molar-refractivity contribution is -0.118. The third kappa shape index (κ3) is 3.49. The van der Waals surface area contributed by atoms with Gasteiger partial charge in [0.1, 0.15) is 5.75 Å². The zero-order valence-electron chi connectivity index (χ0n) is 11.1. The number of carbonyl (C=O) groups is 1. The van der Waals surface area contributed by atoms with Gasteiger partial charge in [-0.1, -0.05) is 18.2 Å². The van der Waals surface area contributed by atoms with Crippen molar-refractivity contribution in [3.8, 4) is 17.0 Å². The number of carbonyl (C=O) groups excluding carboxylic acids is 1. The molecule has 5 nitrogen and oxygen atoms in total. The van der Waals surface area contributed by atoms with Crippen LogP contribution in [-0.2, 0) is 4.79 Å². The van der Waals surface area contributed by atoms with Gasteiger partial charge in [-0.25, -0.2) is 4.98 Å². The van der Waals surface area contributed by atoms with E-state index >= 15 is 0 Å². The van der Waals surface area contributed by atoms with Crippen LogP contribution in [0.5, 0.6) is 5.75 Å². The molecule has 0 aliphatic heterocycles. The number of rotatable bonds is 5. The summed E-state index contributed by atoms with van der Waals surface area (Å²) in [5.74, 6) is 0.439. The Labute approximate surface area is 125 Å². The molecule has 0 saturated heterocycles. The maximum absolute atomic E-state index is 11.8. The quantitative estimate of drug-likeness (QED) is 0.760. The van der Waals surface area contributed by atoms with Crippen LogP contribution in [0, 0.1) is 0 Å². The molecule has 0 unspecified atom stereocenters. The SMILES string of the molecule is O=C(COc1ccccc1)Nc1nc(-c2cc[nH]c2)cs1. The summed E-state index contributed by atoms with van der Waals surface area (Å²) in [4.78, 5) is 19.1. The van der Waals surface area contributed by atoms with E-state index in [2.05, 4.69) is 15.3 Å². The summed E-state index contributed by atoms with van der Waals surface area (Å²) in [5.41, 5.74) is 1.83. The first-order chi connectivity index (χ1) is 10.3. The van der Waals surface area contributed by atoms with Crippen molar-refractivity contribution in [1.82, 2.24) is 9.97 Å². The van der Waals surface area contributed by atoms with Crippen molar-refractivity contribution < 1.29 is 9.53 Å². The normalized spacial score (nSPS) is 10.3. The first-order valence-electron chi connectivity index (χ1n) is 6.37. The van der Waals surface area contributed by atoms with E-state index in [9.17, 15) is 4.79 Å². The molecule has 0 saturated carbocycles. The monoisotopic (exact) mass is 299 g/mol. The summed E-state index contributed by atoms with van der Waals surface area (Å²) >= 11 is 1.39. The number of para-hydroxylation sites is 1. The van der Waals surface area contributed by atoms with Gasteiger partial charge in [-0.05, 0) is 18.2 Å². The summed E-state index contributed by atoms with van der Waals surface area (Å²) in [5, 5.41) is 5.19. The average Bonchev–Trinajstić information content (AvgIpc) is 3.17. The third-order valence-corrected chi connectivity index (χ3v) is 3.52. The lowest BCUT2D eigenvalue weighted by Crippen LogP contribution is -2.19. The number of ether oxygens (including phenoxy) is 1. The van der Waals surface area contributed by atoms with E-state index in [1.54, 1.807) is 12.1 Å². The molecule has 0 aliphatic carbocycles. The van der Waals surface area contributed by atoms with Gasteiger partial charge in [-0.2, -0.15) is 0 Å². The minimum atomic E-state index is -0.228. The number of H-pyrrole nitrogens is 1. The number of benzene rings is 1. The largest absolute Gasteiger partial charge is 0.484 e. The Kier molecular flexibility index (Phi) is 3.97. The Bertz CT molecular complexity index is 708. The molecule has 0 bridgehead atoms. The highest BCUT2D eigenvalue weighted by molar-refractivity contribution is 7.14. The molecule has 2 heterocycles. The fourth-order valence-electron chi connectivity index (χ4n) is 1.77. The molecule has 0 atom stereocenters. The molecule has 2 N–H and O–H groups in total. The molecule has 3 aromatic rings. The molecule has 0 aliphatic rings. The van der Waals surface area contributed by atoms with Crippen molar-refractivity contribution in [3.63, 3.8) is 0 Å². The number of nitrogens with one attached hydrogen (secondary N) is 2. The fourth-order valence-corrected chi connectivity index (χ4v) is 2.50. The zero-order valence-corrected chi connectivity index (χ0v) is 11.9. The molecule has 2 aromatic heterocycles. The average molecular weight is 299 g/mol. The molecular weight excluding hydrogens is 286 g/mol. The second-order valence-corrected chi connectivity index (χ2v) is 5.15. The summed E-state index contributed by atoms with van der Waals surface area (Å²) in [6.07, 6.45) is 3.69. The van der Waals surface area contributed by atoms with Crippen molar-refractivity contribution in [3.05, 3.63) is 54.2 Å². The number of amides is 1. The predicted octanol–water partition coefficient (Wildman–Crippen LogP) is 3.16. The van der Waals surface area contributed by atoms with Gasteiger partial charge >= 0.3 is 0 Å². The van der Waals surface area contributed by atoms with E-state index in [0.717, 1.165) is 11.3 Å². The molecule has 0 radical (unpaired) electrons. The molecule has 21 heavy (non-hydrogen) atoms. The van der Waals surface area contributed by atoms with Crippen molar-refractivity contribution in [2.75, 3.05) is 11.9 Å². The van der Waals surface area contributed by atoms with Gasteiger partial charge < -0.3 is 9.72 Å². The molecule has 106 valence electrons. The van der Waals surface area contributed by atoms with Crippen LogP contribution in [-0.4, -0.2) is 22.5 Å². The Balaban J connectivity index is 1.55. The zero-order chi connectivity index (χ0) is 14.5. The van der Waals surface area contributed by atoms with Crippen LogP contribution >= 0.6 is 11.3 Å². The van der Waals surface area contributed by atoms with Crippen molar-refractivity contribution in [2.24, 2.45) is 0 Å². The summed E-state index contributed by atoms with van der Waals surface area (Å²) in [6.45, 7) is -0.0386. The van der Waals surface area contributed by atoms with Crippen LogP contribution in [0.1, 0.15) is 0 Å². The number of thiazole rings is 1. The number of aromatic amines is 1. The maximum Gasteiger partial charge on any atom is 0.264 e. The standard InChI is InChI=1S/C15H13N3O2S/c19-14(9-20-12-4-2-1-3-5-12)18-15-17-13(10-21-15)11-6-7-16-8-11/h1-8,10,16H,9H2,(H,17,18,19). The van der Waals surface area contributed by atoms with Crippen LogP contribution in [0.15, 0.2) is 54.2 Å². The molecule has 0 spiro atoms. The first kappa shape index (κ1) is 13.4. The molecule has 3 rings (SSSR count). The third-order valence-electron chi connectivity index (χ3n) is 2.76. The second-order valence-electron chi connectivity index (χ2n) is 4.29. The molecule has 1 amide bonds. The van der Waals surface area contributed by atoms with Crippen LogP contribution in [0.3, 0.4) is 0 Å². The van der Waals surface area contributed by atoms with Gasteiger partial charge in [0.15, 0.2) is 11.7 Å². The van der Waals surface area contributed by atoms with Gasteiger partial charge in [-0.3, -0.25) is 10.1 Å². The Hall–Kier alpha value is -2.60.